The van der Waals surface area contributed by atoms with Gasteiger partial charge in [0.05, 0.1) is 17.2 Å². The SMILES string of the molecule is CN(C(=O)C(=O)Nc1cc(F)ccc1F)C1CCS(=O)(=O)C1. The molecule has 0 saturated carbocycles. The van der Waals surface area contributed by atoms with Crippen LogP contribution in [0, 0.1) is 11.6 Å². The molecular formula is C13H14F2N2O4S. The van der Waals surface area contributed by atoms with Crippen molar-refractivity contribution in [3.8, 4) is 0 Å². The van der Waals surface area contributed by atoms with Crippen molar-refractivity contribution in [3.63, 3.8) is 0 Å². The summed E-state index contributed by atoms with van der Waals surface area (Å²) in [4.78, 5) is 24.8. The van der Waals surface area contributed by atoms with Crippen LogP contribution in [-0.2, 0) is 19.4 Å². The number of rotatable bonds is 2. The zero-order chi connectivity index (χ0) is 16.5. The molecule has 1 atom stereocenters. The van der Waals surface area contributed by atoms with Crippen molar-refractivity contribution >= 4 is 27.3 Å². The van der Waals surface area contributed by atoms with E-state index < -0.39 is 45.0 Å². The molecule has 1 aromatic rings. The number of carbonyl (C=O) groups is 2. The number of anilines is 1. The number of carbonyl (C=O) groups excluding carboxylic acids is 2. The van der Waals surface area contributed by atoms with Gasteiger partial charge in [0.1, 0.15) is 11.6 Å². The Kier molecular flexibility index (Phi) is 4.45. The first-order chi connectivity index (χ1) is 10.2. The van der Waals surface area contributed by atoms with Crippen molar-refractivity contribution in [3.05, 3.63) is 29.8 Å². The summed E-state index contributed by atoms with van der Waals surface area (Å²) >= 11 is 0. The van der Waals surface area contributed by atoms with E-state index in [2.05, 4.69) is 0 Å². The van der Waals surface area contributed by atoms with Gasteiger partial charge in [-0.2, -0.15) is 0 Å². The maximum Gasteiger partial charge on any atom is 0.313 e. The van der Waals surface area contributed by atoms with Gasteiger partial charge in [-0.25, -0.2) is 17.2 Å². The van der Waals surface area contributed by atoms with Gasteiger partial charge in [0.15, 0.2) is 9.84 Å². The van der Waals surface area contributed by atoms with Crippen LogP contribution in [0.1, 0.15) is 6.42 Å². The van der Waals surface area contributed by atoms with Crippen molar-refractivity contribution in [2.75, 3.05) is 23.9 Å². The van der Waals surface area contributed by atoms with Crippen molar-refractivity contribution in [1.82, 2.24) is 4.90 Å². The number of likely N-dealkylation sites (N-methyl/N-ethyl adjacent to an activating group) is 1. The standard InChI is InChI=1S/C13H14F2N2O4S/c1-17(9-4-5-22(20,21)7-9)13(19)12(18)16-11-6-8(14)2-3-10(11)15/h2-3,6,9H,4-5,7H2,1H3,(H,16,18). The number of hydrogen-bond acceptors (Lipinski definition) is 4. The fraction of sp³-hybridized carbons (Fsp3) is 0.385. The molecule has 6 nitrogen and oxygen atoms in total. The molecule has 1 unspecified atom stereocenters. The van der Waals surface area contributed by atoms with Crippen LogP contribution in [-0.4, -0.2) is 49.7 Å². The van der Waals surface area contributed by atoms with E-state index in [1.807, 2.05) is 5.32 Å². The van der Waals surface area contributed by atoms with Gasteiger partial charge >= 0.3 is 11.8 Å². The third kappa shape index (κ3) is 3.59. The van der Waals surface area contributed by atoms with Crippen molar-refractivity contribution < 1.29 is 26.8 Å². The summed E-state index contributed by atoms with van der Waals surface area (Å²) in [6.45, 7) is 0. The first kappa shape index (κ1) is 16.3. The number of nitrogens with zero attached hydrogens (tertiary/aromatic N) is 1. The van der Waals surface area contributed by atoms with Crippen LogP contribution in [0.5, 0.6) is 0 Å². The molecule has 1 aliphatic rings. The smallest absolute Gasteiger partial charge is 0.313 e. The third-order valence-corrected chi connectivity index (χ3v) is 5.20. The number of halogens is 2. The minimum absolute atomic E-state index is 0.0462. The van der Waals surface area contributed by atoms with Gasteiger partial charge in [-0.05, 0) is 18.6 Å². The lowest BCUT2D eigenvalue weighted by Crippen LogP contribution is -2.44. The van der Waals surface area contributed by atoms with E-state index >= 15 is 0 Å². The normalized spacial score (nSPS) is 19.7. The van der Waals surface area contributed by atoms with E-state index in [1.165, 1.54) is 7.05 Å². The molecule has 0 radical (unpaired) electrons. The zero-order valence-electron chi connectivity index (χ0n) is 11.7. The summed E-state index contributed by atoms with van der Waals surface area (Å²) < 4.78 is 49.2. The van der Waals surface area contributed by atoms with E-state index in [4.69, 9.17) is 0 Å². The van der Waals surface area contributed by atoms with Crippen LogP contribution < -0.4 is 5.32 Å². The van der Waals surface area contributed by atoms with Gasteiger partial charge in [0, 0.05) is 19.2 Å². The van der Waals surface area contributed by atoms with Gasteiger partial charge < -0.3 is 10.2 Å². The topological polar surface area (TPSA) is 83.6 Å². The summed E-state index contributed by atoms with van der Waals surface area (Å²) in [6, 6.07) is 1.85. The largest absolute Gasteiger partial charge is 0.333 e. The molecule has 1 aromatic carbocycles. The first-order valence-electron chi connectivity index (χ1n) is 6.43. The summed E-state index contributed by atoms with van der Waals surface area (Å²) in [5, 5.41) is 1.98. The molecule has 1 heterocycles. The summed E-state index contributed by atoms with van der Waals surface area (Å²) in [6.07, 6.45) is 0.242. The number of amides is 2. The summed E-state index contributed by atoms with van der Waals surface area (Å²) in [7, 11) is -1.91. The Morgan fingerprint density at radius 3 is 2.59 bits per heavy atom. The fourth-order valence-corrected chi connectivity index (χ4v) is 3.95. The van der Waals surface area contributed by atoms with Gasteiger partial charge in [-0.1, -0.05) is 0 Å². The number of sulfone groups is 1. The Hall–Kier alpha value is -2.03. The second-order valence-electron chi connectivity index (χ2n) is 5.05. The van der Waals surface area contributed by atoms with Crippen LogP contribution in [0.3, 0.4) is 0 Å². The average Bonchev–Trinajstić information content (AvgIpc) is 2.81. The molecule has 1 fully saturated rings. The van der Waals surface area contributed by atoms with Crippen LogP contribution in [0.15, 0.2) is 18.2 Å². The van der Waals surface area contributed by atoms with E-state index in [0.29, 0.717) is 0 Å². The molecule has 1 N–H and O–H groups in total. The van der Waals surface area contributed by atoms with Crippen LogP contribution in [0.2, 0.25) is 0 Å². The lowest BCUT2D eigenvalue weighted by Gasteiger charge is -2.22. The quantitative estimate of drug-likeness (QED) is 0.802. The van der Waals surface area contributed by atoms with Gasteiger partial charge in [0.2, 0.25) is 0 Å². The highest BCUT2D eigenvalue weighted by atomic mass is 32.2. The molecule has 0 spiro atoms. The van der Waals surface area contributed by atoms with Gasteiger partial charge in [-0.15, -0.1) is 0 Å². The molecule has 22 heavy (non-hydrogen) atoms. The Labute approximate surface area is 126 Å². The number of hydrogen-bond donors (Lipinski definition) is 1. The Balaban J connectivity index is 2.06. The average molecular weight is 332 g/mol. The van der Waals surface area contributed by atoms with Crippen LogP contribution in [0.25, 0.3) is 0 Å². The Morgan fingerprint density at radius 1 is 1.32 bits per heavy atom. The van der Waals surface area contributed by atoms with E-state index in [0.717, 1.165) is 23.1 Å². The van der Waals surface area contributed by atoms with E-state index in [1.54, 1.807) is 0 Å². The maximum absolute atomic E-state index is 13.4. The van der Waals surface area contributed by atoms with Crippen molar-refractivity contribution in [2.24, 2.45) is 0 Å². The molecule has 2 rings (SSSR count). The minimum Gasteiger partial charge on any atom is -0.333 e. The Morgan fingerprint density at radius 2 is 2.00 bits per heavy atom. The Bertz CT molecular complexity index is 721. The monoisotopic (exact) mass is 332 g/mol. The van der Waals surface area contributed by atoms with Crippen molar-refractivity contribution in [1.29, 1.82) is 0 Å². The number of benzene rings is 1. The molecule has 1 aliphatic heterocycles. The molecule has 2 amide bonds. The fourth-order valence-electron chi connectivity index (χ4n) is 2.18. The van der Waals surface area contributed by atoms with Crippen LogP contribution >= 0.6 is 0 Å². The number of nitrogens with one attached hydrogen (secondary N) is 1. The second-order valence-corrected chi connectivity index (χ2v) is 7.28. The lowest BCUT2D eigenvalue weighted by atomic mass is 10.2. The second kappa shape index (κ2) is 5.99. The molecule has 0 bridgehead atoms. The molecule has 0 aromatic heterocycles. The molecule has 120 valence electrons. The highest BCUT2D eigenvalue weighted by Gasteiger charge is 2.34. The molecule has 0 aliphatic carbocycles. The molecular weight excluding hydrogens is 318 g/mol. The molecule has 9 heteroatoms. The minimum atomic E-state index is -3.21. The van der Waals surface area contributed by atoms with E-state index in [-0.39, 0.29) is 17.9 Å². The van der Waals surface area contributed by atoms with Crippen LogP contribution in [0.4, 0.5) is 14.5 Å². The van der Waals surface area contributed by atoms with Crippen molar-refractivity contribution in [2.45, 2.75) is 12.5 Å². The van der Waals surface area contributed by atoms with E-state index in [9.17, 15) is 26.8 Å². The summed E-state index contributed by atoms with van der Waals surface area (Å²) in [5.74, 6) is -4.07. The summed E-state index contributed by atoms with van der Waals surface area (Å²) in [5.41, 5.74) is -0.453. The van der Waals surface area contributed by atoms with Gasteiger partial charge in [0.25, 0.3) is 0 Å². The maximum atomic E-state index is 13.4. The highest BCUT2D eigenvalue weighted by Crippen LogP contribution is 2.18. The van der Waals surface area contributed by atoms with Gasteiger partial charge in [-0.3, -0.25) is 9.59 Å². The lowest BCUT2D eigenvalue weighted by molar-refractivity contribution is -0.143. The predicted molar refractivity (Wildman–Crippen MR) is 74.8 cm³/mol. The first-order valence-corrected chi connectivity index (χ1v) is 8.25. The third-order valence-electron chi connectivity index (χ3n) is 3.45. The molecule has 1 saturated heterocycles. The zero-order valence-corrected chi connectivity index (χ0v) is 12.5. The predicted octanol–water partition coefficient (Wildman–Crippen LogP) is 0.549. The highest BCUT2D eigenvalue weighted by molar-refractivity contribution is 7.91.